The molecule has 2 rings (SSSR count). The molecule has 1 N–H and O–H groups in total. The molecule has 0 spiro atoms. The monoisotopic (exact) mass is 276 g/mol. The minimum absolute atomic E-state index is 0.00472. The maximum Gasteiger partial charge on any atom is 0.312 e. The highest BCUT2D eigenvalue weighted by atomic mass is 16.3. The van der Waals surface area contributed by atoms with Gasteiger partial charge < -0.3 is 14.9 Å². The van der Waals surface area contributed by atoms with Crippen LogP contribution in [0.3, 0.4) is 0 Å². The summed E-state index contributed by atoms with van der Waals surface area (Å²) in [5, 5.41) is 8.99. The van der Waals surface area contributed by atoms with Crippen molar-refractivity contribution in [1.29, 1.82) is 0 Å². The summed E-state index contributed by atoms with van der Waals surface area (Å²) in [5.74, 6) is -0.852. The normalized spacial score (nSPS) is 16.2. The van der Waals surface area contributed by atoms with Gasteiger partial charge in [-0.25, -0.2) is 0 Å². The number of nitrogens with zero attached hydrogens (tertiary/aromatic N) is 2. The largest absolute Gasteiger partial charge is 0.392 e. The standard InChI is InChI=1S/C15H20N2O3/c1-11(2)17-8-7-16(14(19)15(17)20)9-12-3-5-13(10-18)6-4-12/h3-6,11,18H,7-10H2,1-2H3. The second-order valence-electron chi connectivity index (χ2n) is 5.29. The Hall–Kier alpha value is -1.88. The highest BCUT2D eigenvalue weighted by Gasteiger charge is 2.33. The van der Waals surface area contributed by atoms with Gasteiger partial charge in [0.2, 0.25) is 0 Å². The molecule has 1 aliphatic heterocycles. The molecule has 108 valence electrons. The van der Waals surface area contributed by atoms with Crippen LogP contribution in [-0.4, -0.2) is 45.9 Å². The zero-order chi connectivity index (χ0) is 14.7. The number of hydrogen-bond acceptors (Lipinski definition) is 3. The number of aliphatic hydroxyl groups excluding tert-OH is 1. The molecule has 1 saturated heterocycles. The van der Waals surface area contributed by atoms with Crippen molar-refractivity contribution in [3.63, 3.8) is 0 Å². The average molecular weight is 276 g/mol. The van der Waals surface area contributed by atoms with Crippen LogP contribution >= 0.6 is 0 Å². The van der Waals surface area contributed by atoms with Crippen molar-refractivity contribution in [2.75, 3.05) is 13.1 Å². The van der Waals surface area contributed by atoms with E-state index in [1.165, 1.54) is 0 Å². The van der Waals surface area contributed by atoms with E-state index in [1.807, 2.05) is 38.1 Å². The summed E-state index contributed by atoms with van der Waals surface area (Å²) >= 11 is 0. The van der Waals surface area contributed by atoms with E-state index in [0.717, 1.165) is 11.1 Å². The lowest BCUT2D eigenvalue weighted by Crippen LogP contribution is -2.55. The second kappa shape index (κ2) is 6.05. The van der Waals surface area contributed by atoms with Crippen LogP contribution in [-0.2, 0) is 22.7 Å². The topological polar surface area (TPSA) is 60.9 Å². The maximum absolute atomic E-state index is 12.1. The number of carbonyl (C=O) groups is 2. The number of carbonyl (C=O) groups excluding carboxylic acids is 2. The van der Waals surface area contributed by atoms with Gasteiger partial charge in [0.15, 0.2) is 0 Å². The molecule has 1 heterocycles. The zero-order valence-electron chi connectivity index (χ0n) is 11.9. The second-order valence-corrected chi connectivity index (χ2v) is 5.29. The van der Waals surface area contributed by atoms with Crippen LogP contribution < -0.4 is 0 Å². The molecule has 1 aliphatic rings. The molecule has 2 amide bonds. The van der Waals surface area contributed by atoms with Gasteiger partial charge in [-0.1, -0.05) is 24.3 Å². The van der Waals surface area contributed by atoms with Crippen LogP contribution in [0.1, 0.15) is 25.0 Å². The fraction of sp³-hybridized carbons (Fsp3) is 0.467. The van der Waals surface area contributed by atoms with E-state index in [2.05, 4.69) is 0 Å². The number of rotatable bonds is 4. The van der Waals surface area contributed by atoms with Gasteiger partial charge in [0.05, 0.1) is 6.61 Å². The number of amides is 2. The lowest BCUT2D eigenvalue weighted by molar-refractivity contribution is -0.157. The SMILES string of the molecule is CC(C)N1CCN(Cc2ccc(CO)cc2)C(=O)C1=O. The van der Waals surface area contributed by atoms with Crippen LogP contribution in [0, 0.1) is 0 Å². The fourth-order valence-corrected chi connectivity index (χ4v) is 2.30. The molecular weight excluding hydrogens is 256 g/mol. The van der Waals surface area contributed by atoms with Crippen molar-refractivity contribution < 1.29 is 14.7 Å². The van der Waals surface area contributed by atoms with E-state index < -0.39 is 11.8 Å². The summed E-state index contributed by atoms with van der Waals surface area (Å²) in [6.07, 6.45) is 0. The summed E-state index contributed by atoms with van der Waals surface area (Å²) in [7, 11) is 0. The first-order valence-electron chi connectivity index (χ1n) is 6.81. The fourth-order valence-electron chi connectivity index (χ4n) is 2.30. The third-order valence-electron chi connectivity index (χ3n) is 3.54. The van der Waals surface area contributed by atoms with Gasteiger partial charge in [-0.3, -0.25) is 9.59 Å². The van der Waals surface area contributed by atoms with E-state index >= 15 is 0 Å². The summed E-state index contributed by atoms with van der Waals surface area (Å²) in [5.41, 5.74) is 1.79. The van der Waals surface area contributed by atoms with Crippen LogP contribution in [0.15, 0.2) is 24.3 Å². The predicted molar refractivity (Wildman–Crippen MR) is 74.6 cm³/mol. The first kappa shape index (κ1) is 14.5. The quantitative estimate of drug-likeness (QED) is 0.826. The lowest BCUT2D eigenvalue weighted by atomic mass is 10.1. The molecule has 1 aromatic rings. The van der Waals surface area contributed by atoms with Crippen LogP contribution in [0.2, 0.25) is 0 Å². The van der Waals surface area contributed by atoms with Gasteiger partial charge in [-0.2, -0.15) is 0 Å². The number of hydrogen-bond donors (Lipinski definition) is 1. The smallest absolute Gasteiger partial charge is 0.312 e. The predicted octanol–water partition coefficient (Wildman–Crippen LogP) is 0.758. The number of piperazine rings is 1. The number of aliphatic hydroxyl groups is 1. The van der Waals surface area contributed by atoms with Crippen molar-refractivity contribution in [2.24, 2.45) is 0 Å². The zero-order valence-corrected chi connectivity index (χ0v) is 11.9. The Morgan fingerprint density at radius 1 is 1.05 bits per heavy atom. The third-order valence-corrected chi connectivity index (χ3v) is 3.54. The van der Waals surface area contributed by atoms with Crippen LogP contribution in [0.25, 0.3) is 0 Å². The van der Waals surface area contributed by atoms with Crippen molar-refractivity contribution in [2.45, 2.75) is 33.0 Å². The van der Waals surface area contributed by atoms with Gasteiger partial charge >= 0.3 is 11.8 Å². The Balaban J connectivity index is 2.03. The molecule has 5 nitrogen and oxygen atoms in total. The minimum Gasteiger partial charge on any atom is -0.392 e. The van der Waals surface area contributed by atoms with E-state index in [-0.39, 0.29) is 12.6 Å². The van der Waals surface area contributed by atoms with E-state index in [0.29, 0.717) is 19.6 Å². The van der Waals surface area contributed by atoms with Gasteiger partial charge in [0.1, 0.15) is 0 Å². The summed E-state index contributed by atoms with van der Waals surface area (Å²) in [4.78, 5) is 27.2. The molecule has 0 radical (unpaired) electrons. The van der Waals surface area contributed by atoms with Crippen molar-refractivity contribution in [3.05, 3.63) is 35.4 Å². The Kier molecular flexibility index (Phi) is 4.39. The van der Waals surface area contributed by atoms with Crippen molar-refractivity contribution in [1.82, 2.24) is 9.80 Å². The Morgan fingerprint density at radius 3 is 2.20 bits per heavy atom. The molecule has 5 heteroatoms. The van der Waals surface area contributed by atoms with Crippen molar-refractivity contribution in [3.8, 4) is 0 Å². The summed E-state index contributed by atoms with van der Waals surface area (Å²) in [6.45, 7) is 5.40. The summed E-state index contributed by atoms with van der Waals surface area (Å²) < 4.78 is 0. The van der Waals surface area contributed by atoms with Gasteiger partial charge in [0.25, 0.3) is 0 Å². The van der Waals surface area contributed by atoms with Crippen LogP contribution in [0.4, 0.5) is 0 Å². The lowest BCUT2D eigenvalue weighted by Gasteiger charge is -2.36. The molecule has 0 bridgehead atoms. The molecule has 20 heavy (non-hydrogen) atoms. The highest BCUT2D eigenvalue weighted by Crippen LogP contribution is 2.13. The van der Waals surface area contributed by atoms with Gasteiger partial charge in [-0.15, -0.1) is 0 Å². The molecular formula is C15H20N2O3. The molecule has 0 aliphatic carbocycles. The Morgan fingerprint density at radius 2 is 1.65 bits per heavy atom. The third kappa shape index (κ3) is 2.99. The summed E-state index contributed by atoms with van der Waals surface area (Å²) in [6, 6.07) is 7.45. The first-order chi connectivity index (χ1) is 9.52. The first-order valence-corrected chi connectivity index (χ1v) is 6.81. The molecule has 0 atom stereocenters. The molecule has 0 saturated carbocycles. The highest BCUT2D eigenvalue weighted by molar-refractivity contribution is 6.35. The molecule has 1 fully saturated rings. The van der Waals surface area contributed by atoms with E-state index in [1.54, 1.807) is 9.80 Å². The molecule has 0 unspecified atom stereocenters. The van der Waals surface area contributed by atoms with Gasteiger partial charge in [0, 0.05) is 25.7 Å². The maximum atomic E-state index is 12.1. The average Bonchev–Trinajstić information content (AvgIpc) is 2.44. The van der Waals surface area contributed by atoms with Crippen molar-refractivity contribution >= 4 is 11.8 Å². The molecule has 1 aromatic carbocycles. The minimum atomic E-state index is -0.434. The molecule has 0 aromatic heterocycles. The Labute approximate surface area is 118 Å². The number of benzene rings is 1. The van der Waals surface area contributed by atoms with E-state index in [9.17, 15) is 9.59 Å². The van der Waals surface area contributed by atoms with Crippen LogP contribution in [0.5, 0.6) is 0 Å². The van der Waals surface area contributed by atoms with Gasteiger partial charge in [-0.05, 0) is 25.0 Å². The Bertz CT molecular complexity index is 496. The van der Waals surface area contributed by atoms with E-state index in [4.69, 9.17) is 5.11 Å².